The molecule has 2 aromatic rings. The summed E-state index contributed by atoms with van der Waals surface area (Å²) >= 11 is 5.06. The number of amides is 2. The number of aromatic nitrogens is 2. The monoisotopic (exact) mass is 482 g/mol. The number of carbonyl (C=O) groups is 2. The van der Waals surface area contributed by atoms with E-state index in [4.69, 9.17) is 4.52 Å². The first kappa shape index (κ1) is 22.0. The molecule has 2 amide bonds. The van der Waals surface area contributed by atoms with E-state index in [1.807, 2.05) is 12.1 Å². The minimum Gasteiger partial charge on any atom is -0.343 e. The quantitative estimate of drug-likeness (QED) is 0.598. The van der Waals surface area contributed by atoms with Gasteiger partial charge in [-0.25, -0.2) is 0 Å². The highest BCUT2D eigenvalue weighted by Gasteiger charge is 2.38. The van der Waals surface area contributed by atoms with Gasteiger partial charge in [0.2, 0.25) is 17.7 Å². The number of rotatable bonds is 7. The second kappa shape index (κ2) is 9.84. The molecule has 0 spiro atoms. The van der Waals surface area contributed by atoms with Gasteiger partial charge in [-0.1, -0.05) is 30.8 Å². The molecule has 1 N–H and O–H groups in total. The first-order valence-corrected chi connectivity index (χ1v) is 11.6. The van der Waals surface area contributed by atoms with E-state index >= 15 is 0 Å². The van der Waals surface area contributed by atoms with Gasteiger partial charge in [0.15, 0.2) is 5.82 Å². The average molecular weight is 483 g/mol. The highest BCUT2D eigenvalue weighted by Crippen LogP contribution is 2.34. The van der Waals surface area contributed by atoms with E-state index < -0.39 is 5.54 Å². The van der Waals surface area contributed by atoms with Gasteiger partial charge in [-0.15, -0.1) is 11.3 Å². The summed E-state index contributed by atoms with van der Waals surface area (Å²) < 4.78 is 6.48. The predicted octanol–water partition coefficient (Wildman–Crippen LogP) is 4.17. The van der Waals surface area contributed by atoms with Crippen LogP contribution >= 0.6 is 27.3 Å². The van der Waals surface area contributed by atoms with E-state index in [-0.39, 0.29) is 11.8 Å². The molecule has 0 radical (unpaired) electrons. The van der Waals surface area contributed by atoms with Crippen molar-refractivity contribution < 1.29 is 14.1 Å². The number of aryl methyl sites for hydroxylation is 1. The maximum absolute atomic E-state index is 12.5. The zero-order valence-corrected chi connectivity index (χ0v) is 19.3. The molecule has 0 saturated heterocycles. The third-order valence-electron chi connectivity index (χ3n) is 5.27. The van der Waals surface area contributed by atoms with Crippen LogP contribution in [0.4, 0.5) is 0 Å². The fraction of sp³-hybridized carbons (Fsp3) is 0.600. The van der Waals surface area contributed by atoms with Crippen LogP contribution in [0.15, 0.2) is 20.4 Å². The average Bonchev–Trinajstić information content (AvgIpc) is 3.24. The second-order valence-corrected chi connectivity index (χ2v) is 10.2. The molecular weight excluding hydrogens is 456 g/mol. The van der Waals surface area contributed by atoms with Gasteiger partial charge in [0, 0.05) is 31.7 Å². The number of hydrogen-bond donors (Lipinski definition) is 1. The number of thiophene rings is 1. The first-order chi connectivity index (χ1) is 13.9. The summed E-state index contributed by atoms with van der Waals surface area (Å²) in [5.41, 5.74) is -0.558. The summed E-state index contributed by atoms with van der Waals surface area (Å²) in [4.78, 5) is 31.6. The minimum absolute atomic E-state index is 0.0281. The van der Waals surface area contributed by atoms with Crippen LogP contribution in [0.1, 0.15) is 68.5 Å². The molecule has 158 valence electrons. The Morgan fingerprint density at radius 3 is 2.62 bits per heavy atom. The van der Waals surface area contributed by atoms with E-state index in [1.54, 1.807) is 23.3 Å². The van der Waals surface area contributed by atoms with E-state index in [0.29, 0.717) is 31.1 Å². The van der Waals surface area contributed by atoms with Gasteiger partial charge in [-0.2, -0.15) is 4.98 Å². The van der Waals surface area contributed by atoms with Gasteiger partial charge in [0.25, 0.3) is 0 Å². The molecule has 0 aromatic carbocycles. The summed E-state index contributed by atoms with van der Waals surface area (Å²) in [7, 11) is 1.80. The van der Waals surface area contributed by atoms with Crippen molar-refractivity contribution in [3.8, 4) is 0 Å². The van der Waals surface area contributed by atoms with Crippen molar-refractivity contribution >= 4 is 39.1 Å². The predicted molar refractivity (Wildman–Crippen MR) is 114 cm³/mol. The fourth-order valence-corrected chi connectivity index (χ4v) is 5.32. The van der Waals surface area contributed by atoms with Crippen LogP contribution < -0.4 is 5.32 Å². The number of halogens is 1. The number of carbonyl (C=O) groups excluding carboxylic acids is 2. The van der Waals surface area contributed by atoms with Crippen LogP contribution in [0.3, 0.4) is 0 Å². The SMILES string of the molecule is CC(=O)NC1(c2noc(CCC(=O)N(C)Cc3ccc(Br)s3)n2)CCCCCC1. The Hall–Kier alpha value is -1.74. The van der Waals surface area contributed by atoms with Crippen LogP contribution in [0.5, 0.6) is 0 Å². The van der Waals surface area contributed by atoms with Crippen LogP contribution in [0.2, 0.25) is 0 Å². The van der Waals surface area contributed by atoms with Gasteiger partial charge < -0.3 is 14.7 Å². The standard InChI is InChI=1S/C20H27BrN4O3S/c1-14(26)23-20(11-5-3-4-6-12-20)19-22-17(28-24-19)9-10-18(27)25(2)13-15-7-8-16(21)29-15/h7-8H,3-6,9-13H2,1-2H3,(H,23,26). The van der Waals surface area contributed by atoms with Gasteiger partial charge in [0.1, 0.15) is 5.54 Å². The maximum Gasteiger partial charge on any atom is 0.227 e. The van der Waals surface area contributed by atoms with Gasteiger partial charge in [-0.05, 0) is 40.9 Å². The normalized spacial score (nSPS) is 16.2. The van der Waals surface area contributed by atoms with Crippen LogP contribution in [-0.2, 0) is 28.1 Å². The Balaban J connectivity index is 1.61. The molecule has 1 aliphatic carbocycles. The zero-order valence-electron chi connectivity index (χ0n) is 16.9. The van der Waals surface area contributed by atoms with Crippen molar-refractivity contribution in [2.24, 2.45) is 0 Å². The Kier molecular flexibility index (Phi) is 7.45. The molecule has 29 heavy (non-hydrogen) atoms. The zero-order chi connectivity index (χ0) is 20.9. The molecule has 2 heterocycles. The molecule has 1 aliphatic rings. The number of nitrogens with zero attached hydrogens (tertiary/aromatic N) is 3. The Morgan fingerprint density at radius 2 is 2.00 bits per heavy atom. The molecule has 0 unspecified atom stereocenters. The molecule has 0 aliphatic heterocycles. The molecule has 9 heteroatoms. The Bertz CT molecular complexity index is 842. The van der Waals surface area contributed by atoms with Crippen molar-refractivity contribution in [2.45, 2.75) is 70.4 Å². The minimum atomic E-state index is -0.558. The van der Waals surface area contributed by atoms with Crippen LogP contribution in [-0.4, -0.2) is 33.9 Å². The molecule has 1 saturated carbocycles. The van der Waals surface area contributed by atoms with E-state index in [9.17, 15) is 9.59 Å². The summed E-state index contributed by atoms with van der Waals surface area (Å²) in [5, 5.41) is 7.25. The molecule has 0 bridgehead atoms. The van der Waals surface area contributed by atoms with Crippen molar-refractivity contribution in [3.63, 3.8) is 0 Å². The molecule has 3 rings (SSSR count). The van der Waals surface area contributed by atoms with Crippen molar-refractivity contribution in [1.82, 2.24) is 20.4 Å². The number of hydrogen-bond acceptors (Lipinski definition) is 6. The lowest BCUT2D eigenvalue weighted by atomic mass is 9.89. The summed E-state index contributed by atoms with van der Waals surface area (Å²) in [5.74, 6) is 0.916. The lowest BCUT2D eigenvalue weighted by Gasteiger charge is -2.30. The lowest BCUT2D eigenvalue weighted by Crippen LogP contribution is -2.45. The molecule has 1 fully saturated rings. The second-order valence-electron chi connectivity index (χ2n) is 7.64. The largest absolute Gasteiger partial charge is 0.343 e. The van der Waals surface area contributed by atoms with E-state index in [1.165, 1.54) is 6.92 Å². The van der Waals surface area contributed by atoms with Crippen molar-refractivity contribution in [2.75, 3.05) is 7.05 Å². The topological polar surface area (TPSA) is 88.3 Å². The van der Waals surface area contributed by atoms with Gasteiger partial charge >= 0.3 is 0 Å². The maximum atomic E-state index is 12.5. The molecule has 7 nitrogen and oxygen atoms in total. The third kappa shape index (κ3) is 5.88. The highest BCUT2D eigenvalue weighted by atomic mass is 79.9. The summed E-state index contributed by atoms with van der Waals surface area (Å²) in [6, 6.07) is 3.99. The molecule has 0 atom stereocenters. The smallest absolute Gasteiger partial charge is 0.227 e. The van der Waals surface area contributed by atoms with Crippen LogP contribution in [0, 0.1) is 0 Å². The molecular formula is C20H27BrN4O3S. The molecule has 2 aromatic heterocycles. The Morgan fingerprint density at radius 1 is 1.28 bits per heavy atom. The highest BCUT2D eigenvalue weighted by molar-refractivity contribution is 9.11. The van der Waals surface area contributed by atoms with Gasteiger partial charge in [0.05, 0.1) is 10.3 Å². The van der Waals surface area contributed by atoms with Crippen molar-refractivity contribution in [1.29, 1.82) is 0 Å². The summed E-state index contributed by atoms with van der Waals surface area (Å²) in [6.45, 7) is 2.10. The Labute approximate surface area is 183 Å². The van der Waals surface area contributed by atoms with Crippen molar-refractivity contribution in [3.05, 3.63) is 32.5 Å². The van der Waals surface area contributed by atoms with E-state index in [0.717, 1.165) is 47.2 Å². The third-order valence-corrected chi connectivity index (χ3v) is 6.88. The first-order valence-electron chi connectivity index (χ1n) is 9.98. The summed E-state index contributed by atoms with van der Waals surface area (Å²) in [6.07, 6.45) is 6.64. The fourth-order valence-electron chi connectivity index (χ4n) is 3.79. The van der Waals surface area contributed by atoms with Gasteiger partial charge in [-0.3, -0.25) is 9.59 Å². The van der Waals surface area contributed by atoms with Crippen LogP contribution in [0.25, 0.3) is 0 Å². The number of nitrogens with one attached hydrogen (secondary N) is 1. The van der Waals surface area contributed by atoms with E-state index in [2.05, 4.69) is 31.4 Å². The lowest BCUT2D eigenvalue weighted by molar-refractivity contribution is -0.130.